The van der Waals surface area contributed by atoms with E-state index in [9.17, 15) is 18.8 Å². The lowest BCUT2D eigenvalue weighted by molar-refractivity contribution is -0.149. The van der Waals surface area contributed by atoms with Gasteiger partial charge in [0.25, 0.3) is 11.7 Å². The molecule has 1 aromatic carbocycles. The van der Waals surface area contributed by atoms with Crippen molar-refractivity contribution in [2.75, 3.05) is 33.1 Å². The Morgan fingerprint density at radius 2 is 1.83 bits per heavy atom. The molecule has 2 aliphatic heterocycles. The molecule has 0 unspecified atom stereocenters. The standard InChI is InChI=1S/C25H24F2N2O5S/c1-33-21-19(13-18-17(20(30)24(32)34-2)7-12-35-22(18)28-21)23(31)29-10-8-25(27,9-11-29)14-15-3-5-16(26)6-4-15/h3-7,13H,8-12,14H2,1-2H3. The van der Waals surface area contributed by atoms with E-state index >= 15 is 4.39 Å². The number of aromatic nitrogens is 1. The Kier molecular flexibility index (Phi) is 7.20. The maximum absolute atomic E-state index is 15.5. The quantitative estimate of drug-likeness (QED) is 0.440. The summed E-state index contributed by atoms with van der Waals surface area (Å²) in [5.74, 6) is -2.08. The van der Waals surface area contributed by atoms with Gasteiger partial charge in [-0.05, 0) is 36.6 Å². The number of methoxy groups -OCH3 is 2. The predicted molar refractivity (Wildman–Crippen MR) is 126 cm³/mol. The fourth-order valence-corrected chi connectivity index (χ4v) is 5.13. The SMILES string of the molecule is COC(=O)C(=O)C1=CCSc2nc(OC)c(C(=O)N3CCC(F)(Cc4ccc(F)cc4)CC3)cc21. The zero-order chi connectivity index (χ0) is 25.2. The number of Topliss-reactive ketones (excluding diaryl/α,β-unsaturated/α-hetero) is 1. The topological polar surface area (TPSA) is 85.8 Å². The molecule has 0 spiro atoms. The number of hydrogen-bond donors (Lipinski definition) is 0. The van der Waals surface area contributed by atoms with Gasteiger partial charge in [0, 0.05) is 36.4 Å². The fourth-order valence-electron chi connectivity index (χ4n) is 4.25. The number of likely N-dealkylation sites (tertiary alicyclic amines) is 1. The zero-order valence-electron chi connectivity index (χ0n) is 19.3. The first-order valence-electron chi connectivity index (χ1n) is 11.0. The molecule has 1 fully saturated rings. The molecule has 0 radical (unpaired) electrons. The van der Waals surface area contributed by atoms with Gasteiger partial charge in [-0.3, -0.25) is 9.59 Å². The molecule has 0 N–H and O–H groups in total. The molecular formula is C25H24F2N2O5S. The molecule has 2 aliphatic rings. The summed E-state index contributed by atoms with van der Waals surface area (Å²) in [6, 6.07) is 7.24. The van der Waals surface area contributed by atoms with E-state index in [1.165, 1.54) is 42.0 Å². The summed E-state index contributed by atoms with van der Waals surface area (Å²) in [5, 5.41) is 0.467. The van der Waals surface area contributed by atoms with Crippen molar-refractivity contribution in [2.24, 2.45) is 0 Å². The number of rotatable bonds is 6. The molecule has 0 saturated carbocycles. The Morgan fingerprint density at radius 3 is 2.46 bits per heavy atom. The van der Waals surface area contributed by atoms with Crippen LogP contribution in [0.25, 0.3) is 5.57 Å². The maximum atomic E-state index is 15.5. The number of fused-ring (bicyclic) bond motifs is 1. The van der Waals surface area contributed by atoms with Crippen molar-refractivity contribution in [1.29, 1.82) is 0 Å². The minimum Gasteiger partial charge on any atom is -0.480 e. The van der Waals surface area contributed by atoms with Gasteiger partial charge in [-0.25, -0.2) is 18.6 Å². The smallest absolute Gasteiger partial charge is 0.379 e. The molecule has 7 nitrogen and oxygen atoms in total. The summed E-state index contributed by atoms with van der Waals surface area (Å²) in [5.41, 5.74) is -0.209. The van der Waals surface area contributed by atoms with Crippen molar-refractivity contribution in [2.45, 2.75) is 30.0 Å². The molecule has 35 heavy (non-hydrogen) atoms. The van der Waals surface area contributed by atoms with Gasteiger partial charge in [0.2, 0.25) is 5.88 Å². The maximum Gasteiger partial charge on any atom is 0.379 e. The molecular weight excluding hydrogens is 478 g/mol. The number of carbonyl (C=O) groups is 3. The molecule has 0 atom stereocenters. The van der Waals surface area contributed by atoms with Gasteiger partial charge in [0.05, 0.1) is 14.2 Å². The number of esters is 1. The molecule has 2 aromatic rings. The Balaban J connectivity index is 1.54. The summed E-state index contributed by atoms with van der Waals surface area (Å²) >= 11 is 1.35. The van der Waals surface area contributed by atoms with Crippen LogP contribution in [-0.2, 0) is 20.7 Å². The fraction of sp³-hybridized carbons (Fsp3) is 0.360. The van der Waals surface area contributed by atoms with Gasteiger partial charge in [-0.2, -0.15) is 0 Å². The van der Waals surface area contributed by atoms with Gasteiger partial charge in [-0.15, -0.1) is 11.8 Å². The van der Waals surface area contributed by atoms with Crippen molar-refractivity contribution in [1.82, 2.24) is 9.88 Å². The monoisotopic (exact) mass is 502 g/mol. The van der Waals surface area contributed by atoms with Crippen molar-refractivity contribution in [3.8, 4) is 5.88 Å². The first-order chi connectivity index (χ1) is 16.7. The molecule has 0 aliphatic carbocycles. The second kappa shape index (κ2) is 10.2. The molecule has 1 saturated heterocycles. The Morgan fingerprint density at radius 1 is 1.14 bits per heavy atom. The Hall–Kier alpha value is -3.27. The van der Waals surface area contributed by atoms with E-state index in [0.717, 1.165) is 7.11 Å². The molecule has 3 heterocycles. The van der Waals surface area contributed by atoms with E-state index in [-0.39, 0.29) is 55.2 Å². The number of hydrogen-bond acceptors (Lipinski definition) is 7. The second-order valence-electron chi connectivity index (χ2n) is 8.39. The first kappa shape index (κ1) is 24.8. The van der Waals surface area contributed by atoms with Crippen LogP contribution >= 0.6 is 11.8 Å². The van der Waals surface area contributed by atoms with Crippen LogP contribution in [0.5, 0.6) is 5.88 Å². The van der Waals surface area contributed by atoms with Gasteiger partial charge >= 0.3 is 5.97 Å². The molecule has 1 amide bonds. The second-order valence-corrected chi connectivity index (χ2v) is 9.40. The molecule has 0 bridgehead atoms. The summed E-state index contributed by atoms with van der Waals surface area (Å²) in [6.45, 7) is 0.352. The highest BCUT2D eigenvalue weighted by atomic mass is 32.2. The van der Waals surface area contributed by atoms with Crippen LogP contribution in [-0.4, -0.2) is 66.3 Å². The number of thioether (sulfide) groups is 1. The van der Waals surface area contributed by atoms with E-state index in [2.05, 4.69) is 9.72 Å². The Labute approximate surface area is 205 Å². The summed E-state index contributed by atoms with van der Waals surface area (Å²) < 4.78 is 38.5. The highest BCUT2D eigenvalue weighted by Gasteiger charge is 2.37. The van der Waals surface area contributed by atoms with Gasteiger partial charge in [-0.1, -0.05) is 18.2 Å². The number of benzene rings is 1. The van der Waals surface area contributed by atoms with Gasteiger partial charge in [0.15, 0.2) is 0 Å². The van der Waals surface area contributed by atoms with Crippen molar-refractivity contribution in [3.05, 3.63) is 58.9 Å². The number of carbonyl (C=O) groups excluding carboxylic acids is 3. The van der Waals surface area contributed by atoms with E-state index in [0.29, 0.717) is 21.9 Å². The molecule has 4 rings (SSSR count). The number of amides is 1. The average molecular weight is 503 g/mol. The largest absolute Gasteiger partial charge is 0.480 e. The number of piperidine rings is 1. The third-order valence-electron chi connectivity index (χ3n) is 6.17. The van der Waals surface area contributed by atoms with Crippen molar-refractivity contribution >= 4 is 35.0 Å². The average Bonchev–Trinajstić information content (AvgIpc) is 2.87. The van der Waals surface area contributed by atoms with Crippen LogP contribution in [0, 0.1) is 5.82 Å². The van der Waals surface area contributed by atoms with Crippen LogP contribution in [0.3, 0.4) is 0 Å². The number of ketones is 1. The number of nitrogens with zero attached hydrogens (tertiary/aromatic N) is 2. The normalized spacial score (nSPS) is 16.7. The molecule has 184 valence electrons. The van der Waals surface area contributed by atoms with E-state index < -0.39 is 23.3 Å². The number of pyridine rings is 1. The van der Waals surface area contributed by atoms with E-state index in [1.807, 2.05) is 0 Å². The predicted octanol–water partition coefficient (Wildman–Crippen LogP) is 3.65. The van der Waals surface area contributed by atoms with Crippen LogP contribution in [0.1, 0.15) is 34.3 Å². The van der Waals surface area contributed by atoms with Crippen LogP contribution in [0.2, 0.25) is 0 Å². The van der Waals surface area contributed by atoms with Gasteiger partial charge in [0.1, 0.15) is 22.1 Å². The minimum absolute atomic E-state index is 0.0939. The lowest BCUT2D eigenvalue weighted by Gasteiger charge is -2.36. The van der Waals surface area contributed by atoms with Crippen LogP contribution < -0.4 is 4.74 Å². The highest BCUT2D eigenvalue weighted by Crippen LogP contribution is 2.37. The Bertz CT molecular complexity index is 1190. The van der Waals surface area contributed by atoms with Gasteiger partial charge < -0.3 is 14.4 Å². The highest BCUT2D eigenvalue weighted by molar-refractivity contribution is 7.99. The lowest BCUT2D eigenvalue weighted by Crippen LogP contribution is -2.45. The van der Waals surface area contributed by atoms with E-state index in [4.69, 9.17) is 4.74 Å². The van der Waals surface area contributed by atoms with Crippen molar-refractivity contribution < 1.29 is 32.6 Å². The summed E-state index contributed by atoms with van der Waals surface area (Å²) in [4.78, 5) is 43.6. The van der Waals surface area contributed by atoms with Crippen molar-refractivity contribution in [3.63, 3.8) is 0 Å². The molecule has 10 heteroatoms. The van der Waals surface area contributed by atoms with Crippen LogP contribution in [0.15, 0.2) is 41.4 Å². The summed E-state index contributed by atoms with van der Waals surface area (Å²) in [6.07, 6.45) is 1.99. The lowest BCUT2D eigenvalue weighted by atomic mass is 9.87. The summed E-state index contributed by atoms with van der Waals surface area (Å²) in [7, 11) is 2.51. The zero-order valence-corrected chi connectivity index (χ0v) is 20.1. The first-order valence-corrected chi connectivity index (χ1v) is 12.0. The third-order valence-corrected chi connectivity index (χ3v) is 7.09. The number of halogens is 2. The number of ether oxygens (including phenoxy) is 2. The number of alkyl halides is 1. The molecule has 1 aromatic heterocycles. The minimum atomic E-state index is -1.51. The third kappa shape index (κ3) is 5.22. The van der Waals surface area contributed by atoms with E-state index in [1.54, 1.807) is 18.2 Å². The van der Waals surface area contributed by atoms with Crippen LogP contribution in [0.4, 0.5) is 8.78 Å².